The predicted molar refractivity (Wildman–Crippen MR) is 94.4 cm³/mol. The summed E-state index contributed by atoms with van der Waals surface area (Å²) in [4.78, 5) is 9.46. The summed E-state index contributed by atoms with van der Waals surface area (Å²) in [6.45, 7) is 0. The molecule has 31 heavy (non-hydrogen) atoms. The van der Waals surface area contributed by atoms with Gasteiger partial charge in [-0.25, -0.2) is 13.0 Å². The van der Waals surface area contributed by atoms with E-state index in [4.69, 9.17) is 4.55 Å². The van der Waals surface area contributed by atoms with Crippen LogP contribution in [0.2, 0.25) is 0 Å². The van der Waals surface area contributed by atoms with Crippen molar-refractivity contribution in [3.63, 3.8) is 0 Å². The Kier molecular flexibility index (Phi) is 34.7. The standard InChI is InChI=1S/C5H7NO4S.C5H5NO3S.C5H6O2.3Na/c7-5-3-1-2-4-6-11(8,9)10;7-10(8,9)6-4-2-1-3-5-6;6-4-2-1-3-5-7;;;/h1-5,7H,(H,8,9,10);1-5H;1-6H;;;/q;;;3*+1/p-2/b2-1+,5-3+,6-4?;;3-1+,4-2+;;;. The smallest absolute Gasteiger partial charge is 0.878 e. The summed E-state index contributed by atoms with van der Waals surface area (Å²) in [6, 6.07) is 4.67. The zero-order valence-electron chi connectivity index (χ0n) is 17.1. The van der Waals surface area contributed by atoms with Crippen LogP contribution >= 0.6 is 0 Å². The fourth-order valence-corrected chi connectivity index (χ4v) is 1.63. The third kappa shape index (κ3) is 34.7. The summed E-state index contributed by atoms with van der Waals surface area (Å²) < 4.78 is 61.8. The van der Waals surface area contributed by atoms with E-state index in [2.05, 4.69) is 4.40 Å². The number of carbonyl (C=O) groups excluding carboxylic acids is 1. The molecule has 0 bridgehead atoms. The first-order chi connectivity index (χ1) is 13.1. The second-order valence-corrected chi connectivity index (χ2v) is 6.31. The molecule has 0 saturated heterocycles. The molecule has 0 atom stereocenters. The van der Waals surface area contributed by atoms with Crippen molar-refractivity contribution in [2.45, 2.75) is 0 Å². The maximum Gasteiger partial charge on any atom is 1.00 e. The zero-order valence-corrected chi connectivity index (χ0v) is 24.7. The Morgan fingerprint density at radius 3 is 1.55 bits per heavy atom. The molecule has 1 N–H and O–H groups in total. The minimum absolute atomic E-state index is 0. The zero-order chi connectivity index (χ0) is 21.9. The Labute approximate surface area is 247 Å². The Morgan fingerprint density at radius 2 is 1.23 bits per heavy atom. The molecule has 154 valence electrons. The van der Waals surface area contributed by atoms with Crippen LogP contribution in [0.15, 0.2) is 84.0 Å². The first kappa shape index (κ1) is 41.2. The molecule has 0 aliphatic heterocycles. The van der Waals surface area contributed by atoms with Crippen LogP contribution in [0.4, 0.5) is 0 Å². The van der Waals surface area contributed by atoms with E-state index in [0.717, 1.165) is 18.4 Å². The molecule has 1 heterocycles. The van der Waals surface area contributed by atoms with Crippen molar-refractivity contribution in [2.24, 2.45) is 4.40 Å². The average Bonchev–Trinajstić information content (AvgIpc) is 2.62. The first-order valence-corrected chi connectivity index (χ1v) is 9.62. The summed E-state index contributed by atoms with van der Waals surface area (Å²) in [7, 11) is -8.63. The summed E-state index contributed by atoms with van der Waals surface area (Å²) in [5, 5.41) is 19.1. The third-order valence-electron chi connectivity index (χ3n) is 1.91. The largest absolute Gasteiger partial charge is 1.00 e. The Bertz CT molecular complexity index is 916. The molecule has 1 aromatic rings. The van der Waals surface area contributed by atoms with Crippen LogP contribution in [-0.2, 0) is 25.4 Å². The normalized spacial score (nSPS) is 11.0. The SMILES string of the molecule is O=C/C=C/C=C/[O-].O=S(=O)(O)[n+]1ccccc1.O=S(=O)([O-])N=C/C=C/C=C/[O-].[Na+].[Na+].[Na+]. The molecule has 0 aliphatic carbocycles. The van der Waals surface area contributed by atoms with Crippen LogP contribution in [-0.4, -0.2) is 38.4 Å². The van der Waals surface area contributed by atoms with Gasteiger partial charge in [-0.15, -0.1) is 20.9 Å². The molecular formula is C15H16N2Na3O9S2+. The second-order valence-electron chi connectivity index (χ2n) is 3.93. The van der Waals surface area contributed by atoms with Gasteiger partial charge in [-0.05, 0) is 12.2 Å². The predicted octanol–water partition coefficient (Wildman–Crippen LogP) is -10.8. The van der Waals surface area contributed by atoms with E-state index in [1.54, 1.807) is 6.07 Å². The van der Waals surface area contributed by atoms with Crippen molar-refractivity contribution in [2.75, 3.05) is 0 Å². The summed E-state index contributed by atoms with van der Waals surface area (Å²) in [5.41, 5.74) is 0. The van der Waals surface area contributed by atoms with Gasteiger partial charge in [-0.1, -0.05) is 34.3 Å². The van der Waals surface area contributed by atoms with Crippen molar-refractivity contribution in [3.8, 4) is 0 Å². The maximum atomic E-state index is 10.4. The maximum absolute atomic E-state index is 10.4. The second kappa shape index (κ2) is 26.1. The Hall–Kier alpha value is -0.130. The molecule has 11 nitrogen and oxygen atoms in total. The molecule has 1 aromatic heterocycles. The average molecular weight is 501 g/mol. The molecule has 0 fully saturated rings. The van der Waals surface area contributed by atoms with Crippen molar-refractivity contribution in [1.82, 2.24) is 0 Å². The van der Waals surface area contributed by atoms with Crippen LogP contribution in [0.1, 0.15) is 0 Å². The number of aromatic nitrogens is 1. The van der Waals surface area contributed by atoms with Crippen molar-refractivity contribution in [3.05, 3.63) is 79.6 Å². The number of hydrogen-bond donors (Lipinski definition) is 1. The fraction of sp³-hybridized carbons (Fsp3) is 0. The van der Waals surface area contributed by atoms with Crippen molar-refractivity contribution >= 4 is 33.1 Å². The van der Waals surface area contributed by atoms with Crippen LogP contribution in [0.5, 0.6) is 0 Å². The quantitative estimate of drug-likeness (QED) is 0.0576. The number of nitrogens with zero attached hydrogens (tertiary/aromatic N) is 2. The van der Waals surface area contributed by atoms with E-state index in [1.807, 2.05) is 0 Å². The summed E-state index contributed by atoms with van der Waals surface area (Å²) in [5.74, 6) is 0. The molecule has 0 radical (unpaired) electrons. The molecule has 1 rings (SSSR count). The van der Waals surface area contributed by atoms with Crippen LogP contribution in [0.3, 0.4) is 0 Å². The number of hydrogen-bond acceptors (Lipinski definition) is 8. The van der Waals surface area contributed by atoms with E-state index in [-0.39, 0.29) is 88.7 Å². The minimum Gasteiger partial charge on any atom is -0.878 e. The van der Waals surface area contributed by atoms with Crippen LogP contribution < -0.4 is 103 Å². The minimum atomic E-state index is -4.55. The Morgan fingerprint density at radius 1 is 0.774 bits per heavy atom. The molecule has 0 spiro atoms. The van der Waals surface area contributed by atoms with Gasteiger partial charge in [0.1, 0.15) is 6.29 Å². The molecular weight excluding hydrogens is 485 g/mol. The van der Waals surface area contributed by atoms with E-state index in [9.17, 15) is 36.4 Å². The fourth-order valence-electron chi connectivity index (χ4n) is 0.960. The number of allylic oxidation sites excluding steroid dienone is 6. The summed E-state index contributed by atoms with van der Waals surface area (Å²) in [6.07, 6.45) is 12.4. The van der Waals surface area contributed by atoms with E-state index >= 15 is 0 Å². The van der Waals surface area contributed by atoms with Gasteiger partial charge in [0.2, 0.25) is 10.3 Å². The molecule has 16 heteroatoms. The van der Waals surface area contributed by atoms with Crippen LogP contribution in [0.25, 0.3) is 0 Å². The van der Waals surface area contributed by atoms with Gasteiger partial charge >= 0.3 is 99.0 Å². The molecule has 0 aromatic carbocycles. The van der Waals surface area contributed by atoms with Gasteiger partial charge in [0.15, 0.2) is 12.4 Å². The first-order valence-electron chi connectivity index (χ1n) is 6.86. The van der Waals surface area contributed by atoms with Crippen molar-refractivity contribution < 1.29 is 134 Å². The monoisotopic (exact) mass is 501 g/mol. The summed E-state index contributed by atoms with van der Waals surface area (Å²) >= 11 is 0. The topological polar surface area (TPSA) is 191 Å². The molecule has 0 unspecified atom stereocenters. The van der Waals surface area contributed by atoms with E-state index < -0.39 is 20.6 Å². The number of rotatable bonds is 6. The van der Waals surface area contributed by atoms with Crippen molar-refractivity contribution in [1.29, 1.82) is 0 Å². The molecule has 0 amide bonds. The van der Waals surface area contributed by atoms with Gasteiger partial charge < -0.3 is 14.8 Å². The van der Waals surface area contributed by atoms with Gasteiger partial charge in [-0.3, -0.25) is 4.79 Å². The molecule has 0 saturated carbocycles. The van der Waals surface area contributed by atoms with Gasteiger partial charge in [0.25, 0.3) is 0 Å². The molecule has 0 aliphatic rings. The third-order valence-corrected chi connectivity index (χ3v) is 3.07. The van der Waals surface area contributed by atoms with Gasteiger partial charge in [-0.2, -0.15) is 4.40 Å². The van der Waals surface area contributed by atoms with E-state index in [0.29, 0.717) is 22.8 Å². The number of pyridine rings is 1. The number of carbonyl (C=O) groups is 1. The Balaban J connectivity index is -0.000000106. The van der Waals surface area contributed by atoms with E-state index in [1.165, 1.54) is 48.8 Å². The number of aldehydes is 1. The van der Waals surface area contributed by atoms with Gasteiger partial charge in [0.05, 0.1) is 0 Å². The van der Waals surface area contributed by atoms with Crippen LogP contribution in [0, 0.1) is 0 Å². The van der Waals surface area contributed by atoms with Gasteiger partial charge in [0, 0.05) is 18.3 Å².